The van der Waals surface area contributed by atoms with Crippen molar-refractivity contribution in [2.24, 2.45) is 0 Å². The van der Waals surface area contributed by atoms with Crippen molar-refractivity contribution in [2.75, 3.05) is 0 Å². The predicted molar refractivity (Wildman–Crippen MR) is 2.49 cm³/mol. The van der Waals surface area contributed by atoms with Gasteiger partial charge in [-0.3, -0.25) is 0 Å². The average molecular weight is 111 g/mol. The molecule has 2 nitrogen and oxygen atoms in total. The quantitative estimate of drug-likeness (QED) is 0.310. The van der Waals surface area contributed by atoms with Crippen LogP contribution in [0.25, 0.3) is 0 Å². The van der Waals surface area contributed by atoms with Gasteiger partial charge in [0.2, 0.25) is 0 Å². The zero-order valence-electron chi connectivity index (χ0n) is 3.19. The predicted octanol–water partition coefficient (Wildman–Crippen LogP) is -3.12. The van der Waals surface area contributed by atoms with E-state index in [0.29, 0.717) is 0 Å². The average Bonchev–Trinajstić information content (AvgIpc) is 0.918. The van der Waals surface area contributed by atoms with E-state index in [-0.39, 0.29) is 31.0 Å². The Labute approximate surface area is 53.3 Å². The Hall–Kier alpha value is 1.12. The summed E-state index contributed by atoms with van der Waals surface area (Å²) < 4.78 is 16.8. The molecule has 0 N–H and O–H groups in total. The fraction of sp³-hybridized carbons (Fsp3) is 0. The fourth-order valence-corrected chi connectivity index (χ4v) is 0. The van der Waals surface area contributed by atoms with Gasteiger partial charge in [0.15, 0.2) is 0 Å². The molecular weight excluding hydrogens is 110 g/mol. The topological polar surface area (TPSA) is 34.1 Å². The van der Waals surface area contributed by atoms with E-state index in [1.807, 2.05) is 0 Å². The number of rotatable bonds is 0. The van der Waals surface area contributed by atoms with Crippen LogP contribution in [-0.4, -0.2) is 0 Å². The Balaban J connectivity index is -0.0000000200. The molecule has 0 bridgehead atoms. The molecule has 0 unspecified atom stereocenters. The molecule has 0 aliphatic rings. The van der Waals surface area contributed by atoms with E-state index in [0.717, 1.165) is 0 Å². The van der Waals surface area contributed by atoms with E-state index in [2.05, 4.69) is 0 Å². The summed E-state index contributed by atoms with van der Waals surface area (Å²) >= 11 is -1.44. The van der Waals surface area contributed by atoms with Crippen LogP contribution in [0, 0.1) is 0 Å². The van der Waals surface area contributed by atoms with Crippen LogP contribution >= 0.6 is 0 Å². The summed E-state index contributed by atoms with van der Waals surface area (Å²) in [5.41, 5.74) is 0. The SMILES string of the molecule is [H-].[Na+].[O]=[Mn]=[O]. The first-order valence-corrected chi connectivity index (χ1v) is 1.27. The second-order valence-electron chi connectivity index (χ2n) is 0.0630. The molecule has 0 saturated heterocycles. The third-order valence-corrected chi connectivity index (χ3v) is 0. The van der Waals surface area contributed by atoms with Crippen molar-refractivity contribution in [3.8, 4) is 0 Å². The van der Waals surface area contributed by atoms with Crippen molar-refractivity contribution in [3.63, 3.8) is 0 Å². The molecule has 0 fully saturated rings. The zero-order valence-corrected chi connectivity index (χ0v) is 5.37. The van der Waals surface area contributed by atoms with E-state index in [9.17, 15) is 0 Å². The molecule has 4 heteroatoms. The molecule has 0 rings (SSSR count). The molecule has 0 heterocycles. The van der Waals surface area contributed by atoms with E-state index < -0.39 is 14.8 Å². The zero-order chi connectivity index (χ0) is 2.71. The van der Waals surface area contributed by atoms with Crippen molar-refractivity contribution < 1.29 is 53.5 Å². The Kier molecular flexibility index (Phi) is 19.9. The Morgan fingerprint density at radius 2 is 1.50 bits per heavy atom. The minimum atomic E-state index is -1.44. The molecule has 0 radical (unpaired) electrons. The van der Waals surface area contributed by atoms with Crippen LogP contribution in [0.4, 0.5) is 0 Å². The van der Waals surface area contributed by atoms with Gasteiger partial charge in [-0.25, -0.2) is 0 Å². The molecule has 4 heavy (non-hydrogen) atoms. The van der Waals surface area contributed by atoms with Crippen LogP contribution in [0.1, 0.15) is 1.43 Å². The molecule has 0 aromatic rings. The van der Waals surface area contributed by atoms with Crippen molar-refractivity contribution in [2.45, 2.75) is 0 Å². The first kappa shape index (κ1) is 8.93. The van der Waals surface area contributed by atoms with Gasteiger partial charge in [0.1, 0.15) is 0 Å². The standard InChI is InChI=1S/Mn.Na.2O.H/q;+1;;;-1. The Morgan fingerprint density at radius 3 is 1.50 bits per heavy atom. The molecule has 21 valence electrons. The van der Waals surface area contributed by atoms with E-state index in [4.69, 9.17) is 7.67 Å². The van der Waals surface area contributed by atoms with Crippen molar-refractivity contribution in [3.05, 3.63) is 0 Å². The summed E-state index contributed by atoms with van der Waals surface area (Å²) in [6, 6.07) is 0. The molecular formula is HMnNaO2. The molecule has 0 aliphatic heterocycles. The summed E-state index contributed by atoms with van der Waals surface area (Å²) in [6.07, 6.45) is 0. The summed E-state index contributed by atoms with van der Waals surface area (Å²) in [6.45, 7) is 0. The number of hydrogen-bond donors (Lipinski definition) is 0. The van der Waals surface area contributed by atoms with Crippen LogP contribution < -0.4 is 29.6 Å². The molecule has 0 aromatic heterocycles. The van der Waals surface area contributed by atoms with Gasteiger partial charge in [-0.2, -0.15) is 0 Å². The molecule has 0 saturated carbocycles. The molecule has 0 atom stereocenters. The monoisotopic (exact) mass is 111 g/mol. The molecule has 0 aromatic carbocycles. The van der Waals surface area contributed by atoms with Gasteiger partial charge in [0.05, 0.1) is 0 Å². The summed E-state index contributed by atoms with van der Waals surface area (Å²) in [7, 11) is 0. The minimum absolute atomic E-state index is 0. The van der Waals surface area contributed by atoms with Crippen molar-refractivity contribution in [1.29, 1.82) is 0 Å². The van der Waals surface area contributed by atoms with Gasteiger partial charge in [0.25, 0.3) is 0 Å². The van der Waals surface area contributed by atoms with E-state index in [1.54, 1.807) is 0 Å². The first-order valence-electron chi connectivity index (χ1n) is 0.309. The van der Waals surface area contributed by atoms with Crippen LogP contribution in [0.3, 0.4) is 0 Å². The molecule has 0 aliphatic carbocycles. The van der Waals surface area contributed by atoms with E-state index in [1.165, 1.54) is 0 Å². The van der Waals surface area contributed by atoms with Crippen LogP contribution in [0.2, 0.25) is 0 Å². The maximum absolute atomic E-state index is 8.41. The van der Waals surface area contributed by atoms with Crippen molar-refractivity contribution >= 4 is 0 Å². The molecule has 0 amide bonds. The second kappa shape index (κ2) is 8.92. The molecule has 0 spiro atoms. The third kappa shape index (κ3) is 11.2. The normalized spacial score (nSPS) is 3.00. The van der Waals surface area contributed by atoms with Gasteiger partial charge in [-0.1, -0.05) is 0 Å². The number of hydrogen-bond acceptors (Lipinski definition) is 2. The van der Waals surface area contributed by atoms with E-state index >= 15 is 0 Å². The summed E-state index contributed by atoms with van der Waals surface area (Å²) in [5.74, 6) is 0. The van der Waals surface area contributed by atoms with Gasteiger partial charge in [-0.15, -0.1) is 0 Å². The Bertz CT molecular complexity index is 30.6. The first-order chi connectivity index (χ1) is 1.41. The maximum atomic E-state index is 8.41. The third-order valence-electron chi connectivity index (χ3n) is 0. The fourth-order valence-electron chi connectivity index (χ4n) is 0. The van der Waals surface area contributed by atoms with Gasteiger partial charge in [-0.05, 0) is 0 Å². The van der Waals surface area contributed by atoms with Crippen LogP contribution in [0.5, 0.6) is 0 Å². The van der Waals surface area contributed by atoms with Gasteiger partial charge < -0.3 is 1.43 Å². The van der Waals surface area contributed by atoms with Crippen molar-refractivity contribution in [1.82, 2.24) is 0 Å². The second-order valence-corrected chi connectivity index (χ2v) is 0.260. The van der Waals surface area contributed by atoms with Crippen LogP contribution in [0.15, 0.2) is 0 Å². The summed E-state index contributed by atoms with van der Waals surface area (Å²) in [5, 5.41) is 0. The van der Waals surface area contributed by atoms with Gasteiger partial charge >= 0.3 is 52.0 Å². The summed E-state index contributed by atoms with van der Waals surface area (Å²) in [4.78, 5) is 0. The Morgan fingerprint density at radius 1 is 1.50 bits per heavy atom. The van der Waals surface area contributed by atoms with Crippen LogP contribution in [-0.2, 0) is 22.5 Å². The van der Waals surface area contributed by atoms with Gasteiger partial charge in [0, 0.05) is 0 Å².